The summed E-state index contributed by atoms with van der Waals surface area (Å²) in [5.41, 5.74) is 1.58. The minimum Gasteiger partial charge on any atom is -0.469 e. The number of ether oxygens (including phenoxy) is 1. The molecule has 0 spiro atoms. The number of benzene rings is 1. The first-order valence-electron chi connectivity index (χ1n) is 6.21. The molecule has 1 atom stereocenters. The normalized spacial score (nSPS) is 11.8. The number of aromatic nitrogens is 1. The van der Waals surface area contributed by atoms with Gasteiger partial charge in [-0.15, -0.1) is 0 Å². The number of carbonyl (C=O) groups excluding carboxylic acids is 1. The van der Waals surface area contributed by atoms with Crippen molar-refractivity contribution in [1.29, 1.82) is 0 Å². The molecular formula is C15H15ClN2O2. The van der Waals surface area contributed by atoms with Crippen molar-refractivity contribution in [3.05, 3.63) is 53.2 Å². The molecular weight excluding hydrogens is 276 g/mol. The molecule has 104 valence electrons. The third kappa shape index (κ3) is 3.71. The van der Waals surface area contributed by atoms with Crippen LogP contribution in [-0.4, -0.2) is 10.9 Å². The topological polar surface area (TPSA) is 51.2 Å². The first-order chi connectivity index (χ1) is 9.56. The number of carbonyl (C=O) groups is 1. The standard InChI is InChI=1S/C15H15ClN2O2/c1-10(12-6-4-3-5-7-12)20-15-14(16)8-13(9-17-15)18-11(2)19/h3-10H,1-2H3,(H,18,19)/t10-/m0/s1. The number of amides is 1. The predicted molar refractivity (Wildman–Crippen MR) is 79.0 cm³/mol. The number of rotatable bonds is 4. The number of pyridine rings is 1. The zero-order valence-corrected chi connectivity index (χ0v) is 12.0. The Bertz CT molecular complexity index is 602. The Balaban J connectivity index is 2.12. The summed E-state index contributed by atoms with van der Waals surface area (Å²) in [5.74, 6) is 0.173. The molecule has 1 aromatic heterocycles. The van der Waals surface area contributed by atoms with Crippen LogP contribution in [0.3, 0.4) is 0 Å². The van der Waals surface area contributed by atoms with Crippen molar-refractivity contribution in [1.82, 2.24) is 4.98 Å². The summed E-state index contributed by atoms with van der Waals surface area (Å²) in [6.07, 6.45) is 1.35. The number of halogens is 1. The fraction of sp³-hybridized carbons (Fsp3) is 0.200. The second kappa shape index (κ2) is 6.39. The molecule has 0 aliphatic rings. The predicted octanol–water partition coefficient (Wildman–Crippen LogP) is 3.83. The van der Waals surface area contributed by atoms with Crippen molar-refractivity contribution in [2.24, 2.45) is 0 Å². The molecule has 1 amide bonds. The summed E-state index contributed by atoms with van der Waals surface area (Å²) in [5, 5.41) is 2.98. The van der Waals surface area contributed by atoms with Crippen LogP contribution in [-0.2, 0) is 4.79 Å². The highest BCUT2D eigenvalue weighted by Crippen LogP contribution is 2.28. The first-order valence-corrected chi connectivity index (χ1v) is 6.59. The fourth-order valence-electron chi connectivity index (χ4n) is 1.74. The number of hydrogen-bond acceptors (Lipinski definition) is 3. The van der Waals surface area contributed by atoms with E-state index in [0.717, 1.165) is 5.56 Å². The largest absolute Gasteiger partial charge is 0.469 e. The van der Waals surface area contributed by atoms with Gasteiger partial charge in [-0.05, 0) is 18.6 Å². The van der Waals surface area contributed by atoms with Gasteiger partial charge in [0.25, 0.3) is 0 Å². The molecule has 20 heavy (non-hydrogen) atoms. The number of nitrogens with zero attached hydrogens (tertiary/aromatic N) is 1. The van der Waals surface area contributed by atoms with Crippen molar-refractivity contribution >= 4 is 23.2 Å². The Hall–Kier alpha value is -2.07. The van der Waals surface area contributed by atoms with Crippen LogP contribution in [0.25, 0.3) is 0 Å². The lowest BCUT2D eigenvalue weighted by atomic mass is 10.1. The lowest BCUT2D eigenvalue weighted by Gasteiger charge is -2.15. The maximum absolute atomic E-state index is 11.0. The van der Waals surface area contributed by atoms with Gasteiger partial charge in [-0.1, -0.05) is 41.9 Å². The van der Waals surface area contributed by atoms with Gasteiger partial charge in [-0.25, -0.2) is 4.98 Å². The highest BCUT2D eigenvalue weighted by molar-refractivity contribution is 6.32. The van der Waals surface area contributed by atoms with Crippen LogP contribution < -0.4 is 10.1 Å². The molecule has 4 nitrogen and oxygen atoms in total. The molecule has 0 bridgehead atoms. The third-order valence-electron chi connectivity index (χ3n) is 2.69. The van der Waals surface area contributed by atoms with Gasteiger partial charge in [0.15, 0.2) is 0 Å². The SMILES string of the molecule is CC(=O)Nc1cnc(O[C@@H](C)c2ccccc2)c(Cl)c1. The monoisotopic (exact) mass is 290 g/mol. The molecule has 0 radical (unpaired) electrons. The van der Waals surface area contributed by atoms with Gasteiger partial charge in [0, 0.05) is 6.92 Å². The maximum Gasteiger partial charge on any atom is 0.233 e. The molecule has 0 fully saturated rings. The zero-order chi connectivity index (χ0) is 14.5. The van der Waals surface area contributed by atoms with Gasteiger partial charge < -0.3 is 10.1 Å². The number of anilines is 1. The van der Waals surface area contributed by atoms with Crippen LogP contribution in [0.4, 0.5) is 5.69 Å². The van der Waals surface area contributed by atoms with E-state index in [9.17, 15) is 4.79 Å². The van der Waals surface area contributed by atoms with Gasteiger partial charge >= 0.3 is 0 Å². The minimum absolute atomic E-state index is 0.159. The van der Waals surface area contributed by atoms with Crippen LogP contribution in [0.15, 0.2) is 42.6 Å². The Morgan fingerprint density at radius 3 is 2.65 bits per heavy atom. The second-order valence-electron chi connectivity index (χ2n) is 4.36. The molecule has 2 rings (SSSR count). The third-order valence-corrected chi connectivity index (χ3v) is 2.96. The summed E-state index contributed by atoms with van der Waals surface area (Å²) >= 11 is 6.11. The van der Waals surface area contributed by atoms with Crippen molar-refractivity contribution < 1.29 is 9.53 Å². The quantitative estimate of drug-likeness (QED) is 0.931. The summed E-state index contributed by atoms with van der Waals surface area (Å²) in [6.45, 7) is 3.35. The lowest BCUT2D eigenvalue weighted by molar-refractivity contribution is -0.114. The Morgan fingerprint density at radius 1 is 1.35 bits per heavy atom. The highest BCUT2D eigenvalue weighted by Gasteiger charge is 2.11. The van der Waals surface area contributed by atoms with Crippen molar-refractivity contribution in [2.75, 3.05) is 5.32 Å². The Morgan fingerprint density at radius 2 is 2.05 bits per heavy atom. The van der Waals surface area contributed by atoms with E-state index in [4.69, 9.17) is 16.3 Å². The summed E-state index contributed by atoms with van der Waals surface area (Å²) < 4.78 is 5.74. The van der Waals surface area contributed by atoms with Crippen LogP contribution in [0.5, 0.6) is 5.88 Å². The molecule has 0 saturated carbocycles. The number of nitrogens with one attached hydrogen (secondary N) is 1. The van der Waals surface area contributed by atoms with Gasteiger partial charge in [0.05, 0.1) is 11.9 Å². The van der Waals surface area contributed by atoms with Gasteiger partial charge in [0.2, 0.25) is 11.8 Å². The average molecular weight is 291 g/mol. The Labute approximate surface area is 122 Å². The van der Waals surface area contributed by atoms with Gasteiger partial charge in [-0.3, -0.25) is 4.79 Å². The maximum atomic E-state index is 11.0. The van der Waals surface area contributed by atoms with E-state index in [-0.39, 0.29) is 12.0 Å². The molecule has 0 unspecified atom stereocenters. The van der Waals surface area contributed by atoms with Crippen molar-refractivity contribution in [2.45, 2.75) is 20.0 Å². The van der Waals surface area contributed by atoms with E-state index in [0.29, 0.717) is 16.6 Å². The number of hydrogen-bond donors (Lipinski definition) is 1. The second-order valence-corrected chi connectivity index (χ2v) is 4.77. The smallest absolute Gasteiger partial charge is 0.233 e. The van der Waals surface area contributed by atoms with Crippen LogP contribution in [0.2, 0.25) is 5.02 Å². The van der Waals surface area contributed by atoms with Crippen LogP contribution >= 0.6 is 11.6 Å². The van der Waals surface area contributed by atoms with Crippen LogP contribution in [0.1, 0.15) is 25.5 Å². The molecule has 0 aliphatic heterocycles. The summed E-state index contributed by atoms with van der Waals surface area (Å²) in [7, 11) is 0. The summed E-state index contributed by atoms with van der Waals surface area (Å²) in [6, 6.07) is 11.4. The molecule has 2 aromatic rings. The van der Waals surface area contributed by atoms with E-state index < -0.39 is 0 Å². The van der Waals surface area contributed by atoms with E-state index in [1.54, 1.807) is 6.07 Å². The fourth-order valence-corrected chi connectivity index (χ4v) is 1.95. The van der Waals surface area contributed by atoms with Crippen molar-refractivity contribution in [3.8, 4) is 5.88 Å². The molecule has 0 saturated heterocycles. The molecule has 5 heteroatoms. The first kappa shape index (κ1) is 14.3. The van der Waals surface area contributed by atoms with E-state index in [1.165, 1.54) is 13.1 Å². The van der Waals surface area contributed by atoms with Crippen molar-refractivity contribution in [3.63, 3.8) is 0 Å². The summed E-state index contributed by atoms with van der Waals surface area (Å²) in [4.78, 5) is 15.1. The van der Waals surface area contributed by atoms with E-state index >= 15 is 0 Å². The van der Waals surface area contributed by atoms with E-state index in [1.807, 2.05) is 37.3 Å². The highest BCUT2D eigenvalue weighted by atomic mass is 35.5. The Kier molecular flexibility index (Phi) is 4.58. The van der Waals surface area contributed by atoms with Gasteiger partial charge in [-0.2, -0.15) is 0 Å². The molecule has 1 N–H and O–H groups in total. The molecule has 1 heterocycles. The molecule has 1 aromatic carbocycles. The lowest BCUT2D eigenvalue weighted by Crippen LogP contribution is -2.08. The zero-order valence-electron chi connectivity index (χ0n) is 11.3. The van der Waals surface area contributed by atoms with E-state index in [2.05, 4.69) is 10.3 Å². The van der Waals surface area contributed by atoms with Gasteiger partial charge in [0.1, 0.15) is 11.1 Å². The molecule has 0 aliphatic carbocycles. The minimum atomic E-state index is -0.172. The average Bonchev–Trinajstić information content (AvgIpc) is 2.42. The van der Waals surface area contributed by atoms with Crippen LogP contribution in [0, 0.1) is 0 Å².